The van der Waals surface area contributed by atoms with Gasteiger partial charge in [-0.05, 0) is 69.5 Å². The van der Waals surface area contributed by atoms with Gasteiger partial charge in [-0.15, -0.1) is 0 Å². The van der Waals surface area contributed by atoms with Crippen molar-refractivity contribution in [1.29, 1.82) is 0 Å². The summed E-state index contributed by atoms with van der Waals surface area (Å²) < 4.78 is 5.73. The number of carbonyl (C=O) groups is 2. The number of nitrogens with one attached hydrogen (secondary N) is 2. The number of halogens is 1. The lowest BCUT2D eigenvalue weighted by atomic mass is 10.1. The molecular formula is C22H25ClN2O3. The summed E-state index contributed by atoms with van der Waals surface area (Å²) in [4.78, 5) is 24.6. The summed E-state index contributed by atoms with van der Waals surface area (Å²) in [5, 5.41) is 6.36. The first-order valence-electron chi connectivity index (χ1n) is 9.51. The number of carbonyl (C=O) groups excluding carboxylic acids is 2. The van der Waals surface area contributed by atoms with Crippen LogP contribution in [-0.4, -0.2) is 17.9 Å². The Morgan fingerprint density at radius 2 is 1.75 bits per heavy atom. The summed E-state index contributed by atoms with van der Waals surface area (Å²) in [7, 11) is 0. The van der Waals surface area contributed by atoms with Crippen molar-refractivity contribution in [3.63, 3.8) is 0 Å². The van der Waals surface area contributed by atoms with Gasteiger partial charge in [0.25, 0.3) is 5.91 Å². The van der Waals surface area contributed by atoms with Gasteiger partial charge in [0, 0.05) is 16.6 Å². The average molecular weight is 401 g/mol. The topological polar surface area (TPSA) is 67.4 Å². The van der Waals surface area contributed by atoms with Crippen LogP contribution in [0.1, 0.15) is 55.6 Å². The molecule has 5 nitrogen and oxygen atoms in total. The minimum absolute atomic E-state index is 0.0523. The van der Waals surface area contributed by atoms with Crippen molar-refractivity contribution in [3.8, 4) is 5.75 Å². The fourth-order valence-corrected chi connectivity index (χ4v) is 3.01. The number of anilines is 1. The second-order valence-corrected chi connectivity index (χ2v) is 7.82. The van der Waals surface area contributed by atoms with Crippen molar-refractivity contribution in [3.05, 3.63) is 58.6 Å². The maximum atomic E-state index is 12.8. The van der Waals surface area contributed by atoms with Crippen LogP contribution in [0.4, 0.5) is 5.69 Å². The second kappa shape index (κ2) is 8.65. The molecule has 0 spiro atoms. The molecule has 0 heterocycles. The van der Waals surface area contributed by atoms with Gasteiger partial charge < -0.3 is 15.4 Å². The number of amides is 2. The third-order valence-electron chi connectivity index (χ3n) is 4.52. The summed E-state index contributed by atoms with van der Waals surface area (Å²) in [6, 6.07) is 12.3. The number of benzene rings is 2. The summed E-state index contributed by atoms with van der Waals surface area (Å²) >= 11 is 6.07. The highest BCUT2D eigenvalue weighted by molar-refractivity contribution is 6.31. The fourth-order valence-electron chi connectivity index (χ4n) is 2.84. The molecule has 1 unspecified atom stereocenters. The molecule has 2 amide bonds. The number of ether oxygens (including phenoxy) is 1. The number of hydrogen-bond acceptors (Lipinski definition) is 3. The van der Waals surface area contributed by atoms with E-state index in [1.165, 1.54) is 0 Å². The molecule has 2 N–H and O–H groups in total. The predicted molar refractivity (Wildman–Crippen MR) is 111 cm³/mol. The van der Waals surface area contributed by atoms with Crippen LogP contribution in [0.3, 0.4) is 0 Å². The average Bonchev–Trinajstić information content (AvgIpc) is 3.48. The molecule has 0 radical (unpaired) electrons. The Morgan fingerprint density at radius 3 is 2.36 bits per heavy atom. The molecule has 1 atom stereocenters. The Bertz CT molecular complexity index is 861. The van der Waals surface area contributed by atoms with Crippen LogP contribution in [-0.2, 0) is 4.79 Å². The normalized spacial score (nSPS) is 14.5. The molecule has 2 aromatic carbocycles. The first kappa shape index (κ1) is 20.2. The van der Waals surface area contributed by atoms with Crippen LogP contribution < -0.4 is 15.4 Å². The zero-order valence-electron chi connectivity index (χ0n) is 16.3. The van der Waals surface area contributed by atoms with Gasteiger partial charge in [0.1, 0.15) is 5.75 Å². The lowest BCUT2D eigenvalue weighted by molar-refractivity contribution is -0.117. The maximum absolute atomic E-state index is 12.8. The highest BCUT2D eigenvalue weighted by atomic mass is 35.5. The molecular weight excluding hydrogens is 376 g/mol. The van der Waals surface area contributed by atoms with Crippen molar-refractivity contribution >= 4 is 29.1 Å². The van der Waals surface area contributed by atoms with E-state index in [0.717, 1.165) is 24.1 Å². The van der Waals surface area contributed by atoms with E-state index in [0.29, 0.717) is 16.3 Å². The Hall–Kier alpha value is -2.53. The highest BCUT2D eigenvalue weighted by Crippen LogP contribution is 2.30. The van der Waals surface area contributed by atoms with E-state index in [-0.39, 0.29) is 29.9 Å². The lowest BCUT2D eigenvalue weighted by Gasteiger charge is -2.18. The minimum atomic E-state index is -0.253. The number of rotatable bonds is 7. The Kier molecular flexibility index (Phi) is 6.25. The van der Waals surface area contributed by atoms with Gasteiger partial charge in [-0.3, -0.25) is 9.59 Å². The SMILES string of the molecule is CC(C)Oc1ccc(Cl)cc1C(=O)NC(C)c1ccc(NC(=O)C2CC2)cc1. The Balaban J connectivity index is 1.67. The zero-order valence-corrected chi connectivity index (χ0v) is 17.0. The second-order valence-electron chi connectivity index (χ2n) is 7.39. The van der Waals surface area contributed by atoms with Crippen LogP contribution >= 0.6 is 11.6 Å². The third-order valence-corrected chi connectivity index (χ3v) is 4.76. The van der Waals surface area contributed by atoms with Crippen LogP contribution in [0, 0.1) is 5.92 Å². The smallest absolute Gasteiger partial charge is 0.255 e. The van der Waals surface area contributed by atoms with Gasteiger partial charge in [-0.25, -0.2) is 0 Å². The monoisotopic (exact) mass is 400 g/mol. The molecule has 3 rings (SSSR count). The molecule has 28 heavy (non-hydrogen) atoms. The molecule has 1 saturated carbocycles. The largest absolute Gasteiger partial charge is 0.490 e. The van der Waals surface area contributed by atoms with Gasteiger partial charge in [0.15, 0.2) is 0 Å². The van der Waals surface area contributed by atoms with Crippen molar-refractivity contribution < 1.29 is 14.3 Å². The van der Waals surface area contributed by atoms with E-state index in [4.69, 9.17) is 16.3 Å². The van der Waals surface area contributed by atoms with E-state index in [2.05, 4.69) is 10.6 Å². The molecule has 0 aliphatic heterocycles. The van der Waals surface area contributed by atoms with Gasteiger partial charge in [0.2, 0.25) is 5.91 Å². The van der Waals surface area contributed by atoms with Gasteiger partial charge in [-0.1, -0.05) is 23.7 Å². The fraction of sp³-hybridized carbons (Fsp3) is 0.364. The zero-order chi connectivity index (χ0) is 20.3. The minimum Gasteiger partial charge on any atom is -0.490 e. The molecule has 2 aromatic rings. The van der Waals surface area contributed by atoms with Gasteiger partial charge in [0.05, 0.1) is 17.7 Å². The van der Waals surface area contributed by atoms with Crippen molar-refractivity contribution in [2.45, 2.75) is 45.8 Å². The van der Waals surface area contributed by atoms with E-state index in [1.54, 1.807) is 18.2 Å². The van der Waals surface area contributed by atoms with Crippen LogP contribution in [0.15, 0.2) is 42.5 Å². The Labute approximate surface area is 170 Å². The molecule has 1 fully saturated rings. The quantitative estimate of drug-likeness (QED) is 0.689. The van der Waals surface area contributed by atoms with E-state index in [1.807, 2.05) is 45.0 Å². The van der Waals surface area contributed by atoms with Crippen molar-refractivity contribution in [2.24, 2.45) is 5.92 Å². The van der Waals surface area contributed by atoms with E-state index >= 15 is 0 Å². The number of hydrogen-bond donors (Lipinski definition) is 2. The van der Waals surface area contributed by atoms with Crippen LogP contribution in [0.25, 0.3) is 0 Å². The van der Waals surface area contributed by atoms with Crippen LogP contribution in [0.2, 0.25) is 5.02 Å². The molecule has 148 valence electrons. The molecule has 1 aliphatic rings. The summed E-state index contributed by atoms with van der Waals surface area (Å²) in [5.41, 5.74) is 2.11. The highest BCUT2D eigenvalue weighted by Gasteiger charge is 2.29. The molecule has 1 aliphatic carbocycles. The molecule has 0 aromatic heterocycles. The summed E-state index contributed by atoms with van der Waals surface area (Å²) in [5.74, 6) is 0.490. The Morgan fingerprint density at radius 1 is 1.07 bits per heavy atom. The van der Waals surface area contributed by atoms with Gasteiger partial charge >= 0.3 is 0 Å². The summed E-state index contributed by atoms with van der Waals surface area (Å²) in [6.07, 6.45) is 1.89. The van der Waals surface area contributed by atoms with Crippen molar-refractivity contribution in [1.82, 2.24) is 5.32 Å². The summed E-state index contributed by atoms with van der Waals surface area (Å²) in [6.45, 7) is 5.72. The predicted octanol–water partition coefficient (Wildman–Crippen LogP) is 4.97. The maximum Gasteiger partial charge on any atom is 0.255 e. The lowest BCUT2D eigenvalue weighted by Crippen LogP contribution is -2.27. The third kappa shape index (κ3) is 5.26. The first-order chi connectivity index (χ1) is 13.3. The standard InChI is InChI=1S/C22H25ClN2O3/c1-13(2)28-20-11-8-17(23)12-19(20)22(27)24-14(3)15-6-9-18(10-7-15)25-21(26)16-4-5-16/h6-14,16H,4-5H2,1-3H3,(H,24,27)(H,25,26). The van der Waals surface area contributed by atoms with Gasteiger partial charge in [-0.2, -0.15) is 0 Å². The molecule has 0 saturated heterocycles. The van der Waals surface area contributed by atoms with E-state index in [9.17, 15) is 9.59 Å². The first-order valence-corrected chi connectivity index (χ1v) is 9.89. The molecule has 6 heteroatoms. The van der Waals surface area contributed by atoms with Crippen LogP contribution in [0.5, 0.6) is 5.75 Å². The van der Waals surface area contributed by atoms with E-state index < -0.39 is 0 Å². The van der Waals surface area contributed by atoms with Crippen molar-refractivity contribution in [2.75, 3.05) is 5.32 Å². The molecule has 0 bridgehead atoms.